The minimum Gasteiger partial charge on any atom is -0.383 e. The number of halogens is 1. The summed E-state index contributed by atoms with van der Waals surface area (Å²) in [6.07, 6.45) is 1.58. The summed E-state index contributed by atoms with van der Waals surface area (Å²) in [5.74, 6) is -0.151. The molecule has 1 saturated heterocycles. The molecule has 25 heavy (non-hydrogen) atoms. The molecular weight excluding hydrogens is 323 g/mol. The van der Waals surface area contributed by atoms with Crippen LogP contribution in [0.15, 0.2) is 24.3 Å². The number of hydrogen-bond acceptors (Lipinski definition) is 4. The van der Waals surface area contributed by atoms with Crippen LogP contribution in [0.3, 0.4) is 0 Å². The Labute approximate surface area is 149 Å². The molecule has 5 nitrogen and oxygen atoms in total. The molecule has 2 rings (SSSR count). The van der Waals surface area contributed by atoms with Crippen LogP contribution in [0.4, 0.5) is 10.1 Å². The van der Waals surface area contributed by atoms with E-state index in [-0.39, 0.29) is 24.0 Å². The molecule has 0 radical (unpaired) electrons. The Hall–Kier alpha value is -1.66. The normalized spacial score (nSPS) is 19.7. The van der Waals surface area contributed by atoms with E-state index in [0.717, 1.165) is 30.6 Å². The second-order valence-corrected chi connectivity index (χ2v) is 6.51. The number of alkyl halides is 1. The first-order valence-electron chi connectivity index (χ1n) is 8.84. The Morgan fingerprint density at radius 1 is 1.36 bits per heavy atom. The van der Waals surface area contributed by atoms with Gasteiger partial charge in [0.2, 0.25) is 5.91 Å². The number of nitrogens with one attached hydrogen (secondary N) is 1. The second-order valence-electron chi connectivity index (χ2n) is 6.51. The summed E-state index contributed by atoms with van der Waals surface area (Å²) < 4.78 is 23.4. The van der Waals surface area contributed by atoms with E-state index >= 15 is 0 Å². The average Bonchev–Trinajstić information content (AvgIpc) is 3.12. The predicted molar refractivity (Wildman–Crippen MR) is 96.6 cm³/mol. The number of carbonyl (C=O) groups is 1. The van der Waals surface area contributed by atoms with Gasteiger partial charge in [0.05, 0.1) is 19.4 Å². The van der Waals surface area contributed by atoms with Crippen LogP contribution in [-0.2, 0) is 14.3 Å². The van der Waals surface area contributed by atoms with E-state index in [0.29, 0.717) is 13.2 Å². The van der Waals surface area contributed by atoms with Gasteiger partial charge in [-0.05, 0) is 30.5 Å². The number of anilines is 1. The molecular formula is C19H29FN2O3. The molecule has 1 heterocycles. The van der Waals surface area contributed by atoms with E-state index in [1.807, 2.05) is 31.2 Å². The van der Waals surface area contributed by atoms with Crippen LogP contribution < -0.4 is 10.2 Å². The first-order chi connectivity index (χ1) is 12.1. The molecule has 3 atom stereocenters. The summed E-state index contributed by atoms with van der Waals surface area (Å²) in [4.78, 5) is 14.5. The Morgan fingerprint density at radius 2 is 2.08 bits per heavy atom. The van der Waals surface area contributed by atoms with Gasteiger partial charge in [0.15, 0.2) is 0 Å². The van der Waals surface area contributed by atoms with E-state index in [1.165, 1.54) is 0 Å². The summed E-state index contributed by atoms with van der Waals surface area (Å²) in [6, 6.07) is 7.77. The monoisotopic (exact) mass is 352 g/mol. The van der Waals surface area contributed by atoms with Crippen LogP contribution in [0, 0.1) is 5.92 Å². The number of benzene rings is 1. The lowest BCUT2D eigenvalue weighted by molar-refractivity contribution is -0.122. The zero-order chi connectivity index (χ0) is 18.2. The molecule has 1 N–H and O–H groups in total. The number of ether oxygens (including phenoxy) is 2. The minimum atomic E-state index is -0.421. The summed E-state index contributed by atoms with van der Waals surface area (Å²) >= 11 is 0. The van der Waals surface area contributed by atoms with Crippen molar-refractivity contribution in [2.24, 2.45) is 5.92 Å². The third-order valence-corrected chi connectivity index (χ3v) is 4.73. The molecule has 0 aromatic heterocycles. The predicted octanol–water partition coefficient (Wildman–Crippen LogP) is 2.71. The number of hydrogen-bond donors (Lipinski definition) is 1. The fourth-order valence-electron chi connectivity index (χ4n) is 3.38. The molecule has 1 aromatic carbocycles. The van der Waals surface area contributed by atoms with E-state index in [1.54, 1.807) is 14.2 Å². The van der Waals surface area contributed by atoms with Crippen LogP contribution in [0.25, 0.3) is 0 Å². The largest absolute Gasteiger partial charge is 0.383 e. The maximum Gasteiger partial charge on any atom is 0.242 e. The zero-order valence-electron chi connectivity index (χ0n) is 15.3. The molecule has 140 valence electrons. The van der Waals surface area contributed by atoms with E-state index in [2.05, 4.69) is 10.2 Å². The van der Waals surface area contributed by atoms with Crippen molar-refractivity contribution in [1.82, 2.24) is 5.32 Å². The van der Waals surface area contributed by atoms with Crippen molar-refractivity contribution < 1.29 is 18.7 Å². The Balaban J connectivity index is 2.06. The van der Waals surface area contributed by atoms with E-state index < -0.39 is 6.67 Å². The van der Waals surface area contributed by atoms with Crippen molar-refractivity contribution in [3.63, 3.8) is 0 Å². The Bertz CT molecular complexity index is 538. The second kappa shape index (κ2) is 9.73. The molecule has 0 bridgehead atoms. The Kier molecular flexibility index (Phi) is 7.65. The van der Waals surface area contributed by atoms with Gasteiger partial charge in [0.25, 0.3) is 0 Å². The van der Waals surface area contributed by atoms with Crippen molar-refractivity contribution in [3.05, 3.63) is 29.8 Å². The van der Waals surface area contributed by atoms with Gasteiger partial charge >= 0.3 is 0 Å². The molecule has 0 saturated carbocycles. The topological polar surface area (TPSA) is 50.8 Å². The summed E-state index contributed by atoms with van der Waals surface area (Å²) in [7, 11) is 3.22. The van der Waals surface area contributed by atoms with Crippen molar-refractivity contribution in [1.29, 1.82) is 0 Å². The summed E-state index contributed by atoms with van der Waals surface area (Å²) in [6.45, 7) is 3.31. The third-order valence-electron chi connectivity index (χ3n) is 4.73. The molecule has 1 aliphatic heterocycles. The SMILES string of the molecule is COCCNC(=O)[C@H]1CCCN1c1ccc([C@@H](OC)[C@H](C)CF)cc1. The van der Waals surface area contributed by atoms with Gasteiger partial charge in [0.1, 0.15) is 6.04 Å². The lowest BCUT2D eigenvalue weighted by atomic mass is 9.98. The van der Waals surface area contributed by atoms with Gasteiger partial charge in [0, 0.05) is 38.9 Å². The first kappa shape index (κ1) is 19.7. The lowest BCUT2D eigenvalue weighted by Crippen LogP contribution is -2.44. The highest BCUT2D eigenvalue weighted by Crippen LogP contribution is 2.30. The van der Waals surface area contributed by atoms with Crippen molar-refractivity contribution in [2.75, 3.05) is 45.5 Å². The van der Waals surface area contributed by atoms with Crippen LogP contribution in [0.1, 0.15) is 31.4 Å². The van der Waals surface area contributed by atoms with E-state index in [4.69, 9.17) is 9.47 Å². The van der Waals surface area contributed by atoms with Gasteiger partial charge in [-0.1, -0.05) is 19.1 Å². The minimum absolute atomic E-state index is 0.0412. The fourth-order valence-corrected chi connectivity index (χ4v) is 3.38. The summed E-state index contributed by atoms with van der Waals surface area (Å²) in [5, 5.41) is 2.92. The van der Waals surface area contributed by atoms with Crippen molar-refractivity contribution >= 4 is 11.6 Å². The molecule has 0 unspecified atom stereocenters. The smallest absolute Gasteiger partial charge is 0.242 e. The molecule has 0 spiro atoms. The molecule has 1 fully saturated rings. The average molecular weight is 352 g/mol. The fraction of sp³-hybridized carbons (Fsp3) is 0.632. The van der Waals surface area contributed by atoms with Crippen LogP contribution >= 0.6 is 0 Å². The van der Waals surface area contributed by atoms with Gasteiger partial charge in [-0.15, -0.1) is 0 Å². The number of nitrogens with zero attached hydrogens (tertiary/aromatic N) is 1. The standard InChI is InChI=1S/C19H29FN2O3/c1-14(13-20)18(25-3)15-6-8-16(9-7-15)22-11-4-5-17(22)19(23)21-10-12-24-2/h6-9,14,17-18H,4-5,10-13H2,1-3H3,(H,21,23)/t14-,17-,18+/m1/s1. The number of carbonyl (C=O) groups excluding carboxylic acids is 1. The number of rotatable bonds is 9. The molecule has 1 amide bonds. The Morgan fingerprint density at radius 3 is 2.68 bits per heavy atom. The van der Waals surface area contributed by atoms with Gasteiger partial charge in [-0.2, -0.15) is 0 Å². The van der Waals surface area contributed by atoms with Crippen LogP contribution in [0.2, 0.25) is 0 Å². The highest BCUT2D eigenvalue weighted by molar-refractivity contribution is 5.85. The maximum atomic E-state index is 13.0. The van der Waals surface area contributed by atoms with Crippen molar-refractivity contribution in [2.45, 2.75) is 31.9 Å². The third kappa shape index (κ3) is 4.92. The van der Waals surface area contributed by atoms with Crippen LogP contribution in [0.5, 0.6) is 0 Å². The first-order valence-corrected chi connectivity index (χ1v) is 8.84. The quantitative estimate of drug-likeness (QED) is 0.694. The van der Waals surface area contributed by atoms with Gasteiger partial charge in [-0.3, -0.25) is 9.18 Å². The molecule has 0 aliphatic carbocycles. The molecule has 1 aliphatic rings. The van der Waals surface area contributed by atoms with Gasteiger partial charge < -0.3 is 19.7 Å². The highest BCUT2D eigenvalue weighted by atomic mass is 19.1. The zero-order valence-corrected chi connectivity index (χ0v) is 15.3. The number of amides is 1. The summed E-state index contributed by atoms with van der Waals surface area (Å²) in [5.41, 5.74) is 1.97. The lowest BCUT2D eigenvalue weighted by Gasteiger charge is -2.27. The van der Waals surface area contributed by atoms with Gasteiger partial charge in [-0.25, -0.2) is 0 Å². The highest BCUT2D eigenvalue weighted by Gasteiger charge is 2.30. The van der Waals surface area contributed by atoms with Crippen molar-refractivity contribution in [3.8, 4) is 0 Å². The maximum absolute atomic E-state index is 13.0. The molecule has 6 heteroatoms. The van der Waals surface area contributed by atoms with E-state index in [9.17, 15) is 9.18 Å². The molecule has 1 aromatic rings. The number of methoxy groups -OCH3 is 2. The van der Waals surface area contributed by atoms with Crippen LogP contribution in [-0.4, -0.2) is 52.5 Å².